The van der Waals surface area contributed by atoms with Crippen LogP contribution in [0.5, 0.6) is 0 Å². The molecule has 0 bridgehead atoms. The quantitative estimate of drug-likeness (QED) is 0.814. The molecule has 19 heavy (non-hydrogen) atoms. The van der Waals surface area contributed by atoms with Crippen molar-refractivity contribution >= 4 is 11.3 Å². The molecule has 2 rings (SSSR count). The lowest BCUT2D eigenvalue weighted by Gasteiger charge is -2.13. The van der Waals surface area contributed by atoms with Gasteiger partial charge in [0.05, 0.1) is 12.2 Å². The summed E-state index contributed by atoms with van der Waals surface area (Å²) in [4.78, 5) is 5.81. The van der Waals surface area contributed by atoms with Crippen LogP contribution < -0.4 is 0 Å². The summed E-state index contributed by atoms with van der Waals surface area (Å²) < 4.78 is 5.24. The SMILES string of the molecule is Cc1cc(CN(C)Cc2cc(CN(C)C)cs2)on1. The van der Waals surface area contributed by atoms with Gasteiger partial charge in [0.15, 0.2) is 5.76 Å². The van der Waals surface area contributed by atoms with Crippen LogP contribution in [-0.4, -0.2) is 36.1 Å². The zero-order chi connectivity index (χ0) is 13.8. The first kappa shape index (κ1) is 14.2. The van der Waals surface area contributed by atoms with Crippen molar-refractivity contribution in [2.24, 2.45) is 0 Å². The molecule has 0 unspecified atom stereocenters. The largest absolute Gasteiger partial charge is 0.360 e. The summed E-state index contributed by atoms with van der Waals surface area (Å²) in [7, 11) is 6.29. The molecule has 0 spiro atoms. The maximum Gasteiger partial charge on any atom is 0.150 e. The Bertz CT molecular complexity index is 518. The fraction of sp³-hybridized carbons (Fsp3) is 0.500. The highest BCUT2D eigenvalue weighted by Gasteiger charge is 2.08. The van der Waals surface area contributed by atoms with E-state index in [0.717, 1.165) is 31.1 Å². The molecular formula is C14H21N3OS. The highest BCUT2D eigenvalue weighted by Crippen LogP contribution is 2.18. The average Bonchev–Trinajstić information content (AvgIpc) is 2.88. The van der Waals surface area contributed by atoms with E-state index in [-0.39, 0.29) is 0 Å². The molecule has 0 atom stereocenters. The zero-order valence-corrected chi connectivity index (χ0v) is 12.8. The van der Waals surface area contributed by atoms with Crippen LogP contribution in [0.4, 0.5) is 0 Å². The first-order valence-electron chi connectivity index (χ1n) is 6.34. The van der Waals surface area contributed by atoms with E-state index in [4.69, 9.17) is 4.52 Å². The average molecular weight is 279 g/mol. The third kappa shape index (κ3) is 4.45. The molecule has 2 aromatic heterocycles. The number of hydrogen-bond donors (Lipinski definition) is 0. The molecule has 2 aromatic rings. The number of hydrogen-bond acceptors (Lipinski definition) is 5. The Morgan fingerprint density at radius 3 is 2.58 bits per heavy atom. The van der Waals surface area contributed by atoms with E-state index < -0.39 is 0 Å². The molecular weight excluding hydrogens is 258 g/mol. The number of aryl methyl sites for hydroxylation is 1. The van der Waals surface area contributed by atoms with Gasteiger partial charge in [0, 0.05) is 24.0 Å². The van der Waals surface area contributed by atoms with Gasteiger partial charge in [0.2, 0.25) is 0 Å². The van der Waals surface area contributed by atoms with Crippen LogP contribution in [0.25, 0.3) is 0 Å². The molecule has 0 N–H and O–H groups in total. The van der Waals surface area contributed by atoms with Crippen molar-refractivity contribution in [1.82, 2.24) is 15.0 Å². The maximum absolute atomic E-state index is 5.24. The van der Waals surface area contributed by atoms with Crippen LogP contribution >= 0.6 is 11.3 Å². The molecule has 104 valence electrons. The molecule has 0 saturated heterocycles. The van der Waals surface area contributed by atoms with E-state index in [0.29, 0.717) is 0 Å². The van der Waals surface area contributed by atoms with Gasteiger partial charge in [0.25, 0.3) is 0 Å². The lowest BCUT2D eigenvalue weighted by Crippen LogP contribution is -2.16. The summed E-state index contributed by atoms with van der Waals surface area (Å²) in [6.45, 7) is 4.68. The lowest BCUT2D eigenvalue weighted by atomic mass is 10.3. The van der Waals surface area contributed by atoms with Crippen LogP contribution in [0.2, 0.25) is 0 Å². The fourth-order valence-corrected chi connectivity index (χ4v) is 3.00. The highest BCUT2D eigenvalue weighted by atomic mass is 32.1. The second-order valence-electron chi connectivity index (χ2n) is 5.27. The smallest absolute Gasteiger partial charge is 0.150 e. The number of nitrogens with zero attached hydrogens (tertiary/aromatic N) is 3. The molecule has 0 saturated carbocycles. The second kappa shape index (κ2) is 6.32. The predicted molar refractivity (Wildman–Crippen MR) is 78.1 cm³/mol. The fourth-order valence-electron chi connectivity index (χ4n) is 2.04. The Kier molecular flexibility index (Phi) is 4.74. The Labute approximate surface area is 118 Å². The second-order valence-corrected chi connectivity index (χ2v) is 6.26. The Morgan fingerprint density at radius 1 is 1.16 bits per heavy atom. The number of thiophene rings is 1. The summed E-state index contributed by atoms with van der Waals surface area (Å²) >= 11 is 1.82. The summed E-state index contributed by atoms with van der Waals surface area (Å²) in [5.41, 5.74) is 2.32. The molecule has 0 amide bonds. The van der Waals surface area contributed by atoms with Gasteiger partial charge in [-0.2, -0.15) is 0 Å². The van der Waals surface area contributed by atoms with E-state index in [1.165, 1.54) is 10.4 Å². The van der Waals surface area contributed by atoms with Crippen molar-refractivity contribution in [2.45, 2.75) is 26.6 Å². The lowest BCUT2D eigenvalue weighted by molar-refractivity contribution is 0.267. The minimum absolute atomic E-state index is 0.793. The van der Waals surface area contributed by atoms with Crippen molar-refractivity contribution < 1.29 is 4.52 Å². The number of aromatic nitrogens is 1. The van der Waals surface area contributed by atoms with Crippen molar-refractivity contribution in [3.05, 3.63) is 39.4 Å². The minimum atomic E-state index is 0.793. The summed E-state index contributed by atoms with van der Waals surface area (Å²) in [5, 5.41) is 6.15. The van der Waals surface area contributed by atoms with Crippen molar-refractivity contribution in [2.75, 3.05) is 21.1 Å². The third-order valence-electron chi connectivity index (χ3n) is 2.74. The van der Waals surface area contributed by atoms with Crippen molar-refractivity contribution in [3.63, 3.8) is 0 Å². The van der Waals surface area contributed by atoms with Crippen LogP contribution in [0, 0.1) is 6.92 Å². The van der Waals surface area contributed by atoms with Gasteiger partial charge in [-0.25, -0.2) is 0 Å². The molecule has 0 aliphatic carbocycles. The van der Waals surface area contributed by atoms with Crippen LogP contribution in [0.15, 0.2) is 22.0 Å². The predicted octanol–water partition coefficient (Wildman–Crippen LogP) is 2.74. The van der Waals surface area contributed by atoms with E-state index in [9.17, 15) is 0 Å². The van der Waals surface area contributed by atoms with Crippen LogP contribution in [0.1, 0.15) is 21.9 Å². The van der Waals surface area contributed by atoms with Gasteiger partial charge in [-0.05, 0) is 45.1 Å². The van der Waals surface area contributed by atoms with Gasteiger partial charge in [0.1, 0.15) is 0 Å². The van der Waals surface area contributed by atoms with Crippen molar-refractivity contribution in [1.29, 1.82) is 0 Å². The Balaban J connectivity index is 1.88. The topological polar surface area (TPSA) is 32.5 Å². The summed E-state index contributed by atoms with van der Waals surface area (Å²) in [6, 6.07) is 4.27. The van der Waals surface area contributed by atoms with E-state index in [2.05, 4.69) is 47.5 Å². The van der Waals surface area contributed by atoms with Gasteiger partial charge in [-0.3, -0.25) is 4.90 Å². The van der Waals surface area contributed by atoms with Crippen LogP contribution in [-0.2, 0) is 19.6 Å². The molecule has 4 nitrogen and oxygen atoms in total. The number of rotatable bonds is 6. The monoisotopic (exact) mass is 279 g/mol. The first-order valence-corrected chi connectivity index (χ1v) is 7.22. The Hall–Kier alpha value is -1.17. The maximum atomic E-state index is 5.24. The summed E-state index contributed by atoms with van der Waals surface area (Å²) in [6.07, 6.45) is 0. The van der Waals surface area contributed by atoms with Crippen molar-refractivity contribution in [3.8, 4) is 0 Å². The normalized spacial score (nSPS) is 11.7. The standard InChI is InChI=1S/C14H21N3OS/c1-11-5-13(18-15-11)8-17(4)9-14-6-12(10-19-14)7-16(2)3/h5-6,10H,7-9H2,1-4H3. The molecule has 0 radical (unpaired) electrons. The van der Waals surface area contributed by atoms with E-state index >= 15 is 0 Å². The van der Waals surface area contributed by atoms with Gasteiger partial charge >= 0.3 is 0 Å². The molecule has 0 aliphatic heterocycles. The first-order chi connectivity index (χ1) is 9.02. The molecule has 0 aliphatic rings. The van der Waals surface area contributed by atoms with Gasteiger partial charge < -0.3 is 9.42 Å². The molecule has 0 aromatic carbocycles. The van der Waals surface area contributed by atoms with E-state index in [1.54, 1.807) is 0 Å². The third-order valence-corrected chi connectivity index (χ3v) is 3.71. The zero-order valence-electron chi connectivity index (χ0n) is 12.0. The Morgan fingerprint density at radius 2 is 1.95 bits per heavy atom. The summed E-state index contributed by atoms with van der Waals surface area (Å²) in [5.74, 6) is 0.921. The van der Waals surface area contributed by atoms with E-state index in [1.807, 2.05) is 24.3 Å². The minimum Gasteiger partial charge on any atom is -0.360 e. The van der Waals surface area contributed by atoms with Crippen LogP contribution in [0.3, 0.4) is 0 Å². The molecule has 5 heteroatoms. The molecule has 2 heterocycles. The highest BCUT2D eigenvalue weighted by molar-refractivity contribution is 7.10. The van der Waals surface area contributed by atoms with Gasteiger partial charge in [-0.15, -0.1) is 11.3 Å². The molecule has 0 fully saturated rings. The van der Waals surface area contributed by atoms with Gasteiger partial charge in [-0.1, -0.05) is 5.16 Å².